The first-order valence-corrected chi connectivity index (χ1v) is 9.18. The lowest BCUT2D eigenvalue weighted by Crippen LogP contribution is -2.61. The van der Waals surface area contributed by atoms with Crippen molar-refractivity contribution in [2.45, 2.75) is 43.5 Å². The molecule has 0 spiro atoms. The normalized spacial score (nSPS) is 30.9. The number of ether oxygens (including phenoxy) is 2. The van der Waals surface area contributed by atoms with E-state index >= 15 is 0 Å². The summed E-state index contributed by atoms with van der Waals surface area (Å²) in [6.45, 7) is 3.72. The SMILES string of the molecule is C#C[C@]12O[C@H]1O[C@H](C(O)C(=O)c1ccc(C)cc1)[C@]2(O)C(=O)c1ccc(C)cc1. The summed E-state index contributed by atoms with van der Waals surface area (Å²) in [6, 6.07) is 13.1. The largest absolute Gasteiger partial charge is 0.382 e. The molecule has 0 bridgehead atoms. The second-order valence-electron chi connectivity index (χ2n) is 7.52. The van der Waals surface area contributed by atoms with Gasteiger partial charge in [0.1, 0.15) is 12.2 Å². The number of rotatable bonds is 5. The maximum atomic E-state index is 13.3. The molecule has 6 heteroatoms. The molecule has 0 aliphatic carbocycles. The molecular formula is C23H20O6. The number of fused-ring (bicyclic) bond motifs is 1. The van der Waals surface area contributed by atoms with Gasteiger partial charge in [-0.3, -0.25) is 9.59 Å². The summed E-state index contributed by atoms with van der Waals surface area (Å²) >= 11 is 0. The lowest BCUT2D eigenvalue weighted by Gasteiger charge is -2.34. The fraction of sp³-hybridized carbons (Fsp3) is 0.304. The maximum absolute atomic E-state index is 13.3. The van der Waals surface area contributed by atoms with Gasteiger partial charge in [0.15, 0.2) is 5.78 Å². The van der Waals surface area contributed by atoms with E-state index < -0.39 is 41.3 Å². The lowest BCUT2D eigenvalue weighted by atomic mass is 9.76. The monoisotopic (exact) mass is 392 g/mol. The second-order valence-corrected chi connectivity index (χ2v) is 7.52. The number of carbonyl (C=O) groups is 2. The number of carbonyl (C=O) groups excluding carboxylic acids is 2. The van der Waals surface area contributed by atoms with Crippen LogP contribution in [0.3, 0.4) is 0 Å². The topological polar surface area (TPSA) is 96.4 Å². The van der Waals surface area contributed by atoms with Gasteiger partial charge in [-0.1, -0.05) is 65.6 Å². The molecule has 2 aromatic carbocycles. The minimum atomic E-state index is -2.42. The molecule has 29 heavy (non-hydrogen) atoms. The van der Waals surface area contributed by atoms with Crippen LogP contribution in [-0.4, -0.2) is 51.5 Å². The standard InChI is InChI=1S/C23H20O6/c1-4-22-21(29-22)28-20(18(25)17(24)15-9-5-13(2)6-10-15)23(22,27)19(26)16-11-7-14(3)8-12-16/h1,5-12,18,20-21,25,27H,2-3H3/t18?,20-,21-,22+,23-/m1/s1. The zero-order valence-corrected chi connectivity index (χ0v) is 16.0. The van der Waals surface area contributed by atoms with Gasteiger partial charge in [-0.05, 0) is 13.8 Å². The molecule has 0 amide bonds. The van der Waals surface area contributed by atoms with E-state index in [1.807, 2.05) is 13.8 Å². The highest BCUT2D eigenvalue weighted by Gasteiger charge is 2.82. The Balaban J connectivity index is 1.72. The fourth-order valence-electron chi connectivity index (χ4n) is 3.73. The number of Topliss-reactive ketones (excluding diaryl/α,β-unsaturated/α-hetero) is 2. The fourth-order valence-corrected chi connectivity index (χ4v) is 3.73. The predicted octanol–water partition coefficient (Wildman–Crippen LogP) is 1.59. The summed E-state index contributed by atoms with van der Waals surface area (Å²) in [4.78, 5) is 26.1. The number of benzene rings is 2. The number of aliphatic hydroxyl groups excluding tert-OH is 1. The van der Waals surface area contributed by atoms with Crippen molar-refractivity contribution in [2.75, 3.05) is 0 Å². The summed E-state index contributed by atoms with van der Waals surface area (Å²) in [5, 5.41) is 22.2. The lowest BCUT2D eigenvalue weighted by molar-refractivity contribution is -0.143. The second kappa shape index (κ2) is 6.61. The van der Waals surface area contributed by atoms with Crippen molar-refractivity contribution in [1.82, 2.24) is 0 Å². The third-order valence-corrected chi connectivity index (χ3v) is 5.58. The van der Waals surface area contributed by atoms with Gasteiger partial charge in [0.25, 0.3) is 0 Å². The van der Waals surface area contributed by atoms with Crippen LogP contribution < -0.4 is 0 Å². The van der Waals surface area contributed by atoms with Gasteiger partial charge in [-0.25, -0.2) is 0 Å². The van der Waals surface area contributed by atoms with Crippen molar-refractivity contribution in [3.63, 3.8) is 0 Å². The van der Waals surface area contributed by atoms with Crippen molar-refractivity contribution in [3.8, 4) is 12.3 Å². The molecule has 6 nitrogen and oxygen atoms in total. The summed E-state index contributed by atoms with van der Waals surface area (Å²) in [6.07, 6.45) is 1.11. The highest BCUT2D eigenvalue weighted by molar-refractivity contribution is 6.07. The molecule has 2 saturated heterocycles. The zero-order valence-electron chi connectivity index (χ0n) is 16.0. The van der Waals surface area contributed by atoms with Gasteiger partial charge in [0.05, 0.1) is 0 Å². The van der Waals surface area contributed by atoms with Crippen LogP contribution in [0.4, 0.5) is 0 Å². The van der Waals surface area contributed by atoms with E-state index in [4.69, 9.17) is 15.9 Å². The Kier molecular flexibility index (Phi) is 4.45. The van der Waals surface area contributed by atoms with Gasteiger partial charge >= 0.3 is 0 Å². The van der Waals surface area contributed by atoms with Crippen LogP contribution in [-0.2, 0) is 9.47 Å². The van der Waals surface area contributed by atoms with Crippen molar-refractivity contribution in [1.29, 1.82) is 0 Å². The Morgan fingerprint density at radius 2 is 1.55 bits per heavy atom. The molecule has 0 aromatic heterocycles. The average Bonchev–Trinajstić information content (AvgIpc) is 3.40. The molecule has 2 N–H and O–H groups in total. The molecular weight excluding hydrogens is 372 g/mol. The third kappa shape index (κ3) is 2.75. The number of hydrogen-bond donors (Lipinski definition) is 2. The van der Waals surface area contributed by atoms with Gasteiger partial charge in [0.2, 0.25) is 23.3 Å². The molecule has 1 unspecified atom stereocenters. The minimum Gasteiger partial charge on any atom is -0.382 e. The zero-order chi connectivity index (χ0) is 21.0. The first-order chi connectivity index (χ1) is 13.7. The Bertz CT molecular complexity index is 1020. The van der Waals surface area contributed by atoms with Crippen LogP contribution in [0.5, 0.6) is 0 Å². The number of hydrogen-bond acceptors (Lipinski definition) is 6. The Morgan fingerprint density at radius 3 is 2.07 bits per heavy atom. The summed E-state index contributed by atoms with van der Waals surface area (Å²) in [7, 11) is 0. The average molecular weight is 392 g/mol. The van der Waals surface area contributed by atoms with Crippen LogP contribution in [0.2, 0.25) is 0 Å². The molecule has 0 saturated carbocycles. The summed E-state index contributed by atoms with van der Waals surface area (Å²) in [5.74, 6) is 0.848. The van der Waals surface area contributed by atoms with Crippen LogP contribution in [0.15, 0.2) is 48.5 Å². The number of epoxide rings is 1. The van der Waals surface area contributed by atoms with Crippen LogP contribution >= 0.6 is 0 Å². The highest BCUT2D eigenvalue weighted by Crippen LogP contribution is 2.56. The van der Waals surface area contributed by atoms with Gasteiger partial charge in [-0.15, -0.1) is 6.42 Å². The van der Waals surface area contributed by atoms with E-state index in [0.717, 1.165) is 11.1 Å². The highest BCUT2D eigenvalue weighted by atomic mass is 16.8. The van der Waals surface area contributed by atoms with Crippen molar-refractivity contribution >= 4 is 11.6 Å². The molecule has 2 fully saturated rings. The van der Waals surface area contributed by atoms with E-state index in [-0.39, 0.29) is 11.1 Å². The number of aryl methyl sites for hydroxylation is 2. The first kappa shape index (κ1) is 19.5. The van der Waals surface area contributed by atoms with Crippen LogP contribution in [0.1, 0.15) is 31.8 Å². The van der Waals surface area contributed by atoms with Crippen molar-refractivity contribution < 1.29 is 29.3 Å². The Morgan fingerprint density at radius 1 is 1.03 bits per heavy atom. The molecule has 2 aliphatic heterocycles. The van der Waals surface area contributed by atoms with Gasteiger partial charge < -0.3 is 19.7 Å². The third-order valence-electron chi connectivity index (χ3n) is 5.58. The molecule has 0 radical (unpaired) electrons. The van der Waals surface area contributed by atoms with E-state index in [1.165, 1.54) is 0 Å². The van der Waals surface area contributed by atoms with Crippen molar-refractivity contribution in [2.24, 2.45) is 0 Å². The van der Waals surface area contributed by atoms with E-state index in [2.05, 4.69) is 5.92 Å². The first-order valence-electron chi connectivity index (χ1n) is 9.18. The van der Waals surface area contributed by atoms with Gasteiger partial charge in [0, 0.05) is 11.1 Å². The number of aliphatic hydroxyl groups is 2. The Hall–Kier alpha value is -2.82. The molecule has 148 valence electrons. The van der Waals surface area contributed by atoms with Crippen LogP contribution in [0.25, 0.3) is 0 Å². The smallest absolute Gasteiger partial charge is 0.220 e. The summed E-state index contributed by atoms with van der Waals surface area (Å²) in [5.41, 5.74) is -1.88. The van der Waals surface area contributed by atoms with E-state index in [0.29, 0.717) is 0 Å². The quantitative estimate of drug-likeness (QED) is 0.456. The molecule has 2 heterocycles. The summed E-state index contributed by atoms with van der Waals surface area (Å²) < 4.78 is 10.8. The molecule has 4 rings (SSSR count). The predicted molar refractivity (Wildman–Crippen MR) is 103 cm³/mol. The van der Waals surface area contributed by atoms with Crippen molar-refractivity contribution in [3.05, 3.63) is 70.8 Å². The molecule has 5 atom stereocenters. The number of terminal acetylenes is 1. The Labute approximate surface area is 168 Å². The minimum absolute atomic E-state index is 0.174. The molecule has 2 aromatic rings. The van der Waals surface area contributed by atoms with Gasteiger partial charge in [-0.2, -0.15) is 0 Å². The van der Waals surface area contributed by atoms with E-state index in [9.17, 15) is 19.8 Å². The number of ketones is 2. The van der Waals surface area contributed by atoms with Crippen LogP contribution in [0, 0.1) is 26.2 Å². The maximum Gasteiger partial charge on any atom is 0.220 e. The molecule has 2 aliphatic rings. The van der Waals surface area contributed by atoms with E-state index in [1.54, 1.807) is 48.5 Å².